The number of carbonyl (C=O) groups is 2. The summed E-state index contributed by atoms with van der Waals surface area (Å²) in [5.41, 5.74) is 2.96. The molecule has 2 heterocycles. The number of amides is 2. The molecule has 0 bridgehead atoms. The first-order valence-corrected chi connectivity index (χ1v) is 13.3. The van der Waals surface area contributed by atoms with E-state index in [1.165, 1.54) is 23.5 Å². The number of hydrogen-bond donors (Lipinski definition) is 2. The van der Waals surface area contributed by atoms with Crippen molar-refractivity contribution in [1.82, 2.24) is 15.5 Å². The predicted octanol–water partition coefficient (Wildman–Crippen LogP) is 6.09. The van der Waals surface area contributed by atoms with Gasteiger partial charge in [-0.15, -0.1) is 21.5 Å². The van der Waals surface area contributed by atoms with Crippen LogP contribution in [0.15, 0.2) is 66.2 Å². The van der Waals surface area contributed by atoms with Gasteiger partial charge in [-0.2, -0.15) is 0 Å². The highest BCUT2D eigenvalue weighted by Crippen LogP contribution is 2.46. The molecule has 2 aromatic heterocycles. The first-order valence-electron chi connectivity index (χ1n) is 11.7. The summed E-state index contributed by atoms with van der Waals surface area (Å²) in [5.74, 6) is -1.03. The lowest BCUT2D eigenvalue weighted by Crippen LogP contribution is -2.36. The largest absolute Gasteiger partial charge is 0.349 e. The van der Waals surface area contributed by atoms with Gasteiger partial charge in [0.1, 0.15) is 11.3 Å². The predicted molar refractivity (Wildman–Crippen MR) is 141 cm³/mol. The Morgan fingerprint density at radius 1 is 1.08 bits per heavy atom. The van der Waals surface area contributed by atoms with Crippen LogP contribution in [-0.2, 0) is 4.79 Å². The van der Waals surface area contributed by atoms with Crippen LogP contribution in [0.25, 0.3) is 10.4 Å². The van der Waals surface area contributed by atoms with E-state index in [1.54, 1.807) is 22.9 Å². The highest BCUT2D eigenvalue weighted by molar-refractivity contribution is 7.15. The lowest BCUT2D eigenvalue weighted by molar-refractivity contribution is -0.124. The van der Waals surface area contributed by atoms with Crippen molar-refractivity contribution < 1.29 is 14.0 Å². The molecular formula is C27H25FN4O2S2. The van der Waals surface area contributed by atoms with Gasteiger partial charge in [0.2, 0.25) is 11.0 Å². The maximum Gasteiger partial charge on any atom is 0.251 e. The summed E-state index contributed by atoms with van der Waals surface area (Å²) in [7, 11) is 0. The molecule has 0 radical (unpaired) electrons. The molecule has 2 amide bonds. The molecule has 1 atom stereocenters. The summed E-state index contributed by atoms with van der Waals surface area (Å²) in [6.07, 6.45) is 2.09. The van der Waals surface area contributed by atoms with Crippen LogP contribution >= 0.6 is 22.7 Å². The molecule has 1 saturated carbocycles. The number of thiophene rings is 1. The average Bonchev–Trinajstić information content (AvgIpc) is 3.29. The fraction of sp³-hybridized carbons (Fsp3) is 0.259. The first kappa shape index (κ1) is 24.3. The van der Waals surface area contributed by atoms with Gasteiger partial charge in [-0.1, -0.05) is 49.4 Å². The fourth-order valence-corrected chi connectivity index (χ4v) is 5.95. The molecule has 1 aliphatic rings. The van der Waals surface area contributed by atoms with E-state index in [9.17, 15) is 14.0 Å². The van der Waals surface area contributed by atoms with Gasteiger partial charge in [0, 0.05) is 27.3 Å². The molecule has 184 valence electrons. The quantitative estimate of drug-likeness (QED) is 0.294. The van der Waals surface area contributed by atoms with E-state index >= 15 is 0 Å². The number of aromatic nitrogens is 2. The van der Waals surface area contributed by atoms with Crippen LogP contribution < -0.4 is 10.6 Å². The zero-order valence-electron chi connectivity index (χ0n) is 19.8. The van der Waals surface area contributed by atoms with E-state index in [0.717, 1.165) is 28.2 Å². The summed E-state index contributed by atoms with van der Waals surface area (Å²) in [4.78, 5) is 27.6. The zero-order chi connectivity index (χ0) is 25.3. The van der Waals surface area contributed by atoms with Crippen LogP contribution in [0.3, 0.4) is 0 Å². The molecular weight excluding hydrogens is 495 g/mol. The Morgan fingerprint density at radius 2 is 1.86 bits per heavy atom. The van der Waals surface area contributed by atoms with Gasteiger partial charge in [-0.3, -0.25) is 9.59 Å². The second-order valence-electron chi connectivity index (χ2n) is 9.43. The molecule has 4 aromatic rings. The van der Waals surface area contributed by atoms with Gasteiger partial charge < -0.3 is 10.6 Å². The van der Waals surface area contributed by atoms with Crippen LogP contribution in [0.4, 0.5) is 9.52 Å². The lowest BCUT2D eigenvalue weighted by Gasteiger charge is -2.32. The molecule has 0 saturated heterocycles. The van der Waals surface area contributed by atoms with Crippen LogP contribution in [0.1, 0.15) is 53.4 Å². The SMILES string of the molecule is CC(C)(C(=O)Nc1nncs1)[C@@H](c1cccc(F)c1)c1ccc(-c2ccc(C(=O)NC3CC3)cc2)s1. The van der Waals surface area contributed by atoms with Crippen molar-refractivity contribution in [2.75, 3.05) is 5.32 Å². The number of nitrogens with zero attached hydrogens (tertiary/aromatic N) is 2. The van der Waals surface area contributed by atoms with Crippen LogP contribution in [0.5, 0.6) is 0 Å². The monoisotopic (exact) mass is 520 g/mol. The fourth-order valence-electron chi connectivity index (χ4n) is 4.18. The number of anilines is 1. The normalized spacial score (nSPS) is 14.3. The van der Waals surface area contributed by atoms with Gasteiger partial charge in [0.15, 0.2) is 0 Å². The molecule has 9 heteroatoms. The highest BCUT2D eigenvalue weighted by atomic mass is 32.1. The van der Waals surface area contributed by atoms with Gasteiger partial charge >= 0.3 is 0 Å². The summed E-state index contributed by atoms with van der Waals surface area (Å²) >= 11 is 2.80. The zero-order valence-corrected chi connectivity index (χ0v) is 21.5. The molecule has 5 rings (SSSR count). The standard InChI is InChI=1S/C27H25FN4O2S2/c1-27(2,25(34)31-26-32-29-15-35-26)23(18-4-3-5-19(28)14-18)22-13-12-21(36-22)16-6-8-17(9-7-16)24(33)30-20-10-11-20/h3-9,12-15,20,23H,10-11H2,1-2H3,(H,30,33)(H,31,32,34)/t23-/m0/s1. The minimum atomic E-state index is -0.924. The Balaban J connectivity index is 1.45. The Morgan fingerprint density at radius 3 is 2.53 bits per heavy atom. The highest BCUT2D eigenvalue weighted by Gasteiger charge is 2.40. The van der Waals surface area contributed by atoms with Crippen molar-refractivity contribution in [3.63, 3.8) is 0 Å². The third-order valence-corrected chi connectivity index (χ3v) is 8.13. The number of benzene rings is 2. The maximum absolute atomic E-state index is 14.2. The molecule has 36 heavy (non-hydrogen) atoms. The Kier molecular flexibility index (Phi) is 6.68. The second kappa shape index (κ2) is 9.91. The number of halogens is 1. The molecule has 0 aliphatic heterocycles. The third kappa shape index (κ3) is 5.22. The molecule has 0 spiro atoms. The van der Waals surface area contributed by atoms with Crippen molar-refractivity contribution >= 4 is 39.6 Å². The lowest BCUT2D eigenvalue weighted by atomic mass is 9.73. The van der Waals surface area contributed by atoms with Gasteiger partial charge in [-0.25, -0.2) is 4.39 Å². The number of carbonyl (C=O) groups excluding carboxylic acids is 2. The minimum absolute atomic E-state index is 0.0507. The van der Waals surface area contributed by atoms with Crippen LogP contribution in [0.2, 0.25) is 0 Å². The molecule has 2 N–H and O–H groups in total. The van der Waals surface area contributed by atoms with Crippen molar-refractivity contribution in [3.8, 4) is 10.4 Å². The molecule has 1 aliphatic carbocycles. The number of hydrogen-bond acceptors (Lipinski definition) is 6. The average molecular weight is 521 g/mol. The molecule has 6 nitrogen and oxygen atoms in total. The smallest absolute Gasteiger partial charge is 0.251 e. The minimum Gasteiger partial charge on any atom is -0.349 e. The Bertz CT molecular complexity index is 1380. The van der Waals surface area contributed by atoms with Gasteiger partial charge in [0.05, 0.1) is 5.41 Å². The van der Waals surface area contributed by atoms with E-state index in [1.807, 2.05) is 56.3 Å². The number of rotatable bonds is 8. The van der Waals surface area contributed by atoms with Gasteiger partial charge in [0.25, 0.3) is 5.91 Å². The molecule has 0 unspecified atom stereocenters. The van der Waals surface area contributed by atoms with E-state index in [0.29, 0.717) is 22.3 Å². The third-order valence-electron chi connectivity index (χ3n) is 6.32. The van der Waals surface area contributed by atoms with Crippen molar-refractivity contribution in [3.05, 3.63) is 88.0 Å². The Hall–Kier alpha value is -3.43. The summed E-state index contributed by atoms with van der Waals surface area (Å²) < 4.78 is 14.2. The number of nitrogens with one attached hydrogen (secondary N) is 2. The van der Waals surface area contributed by atoms with Crippen LogP contribution in [-0.4, -0.2) is 28.1 Å². The summed E-state index contributed by atoms with van der Waals surface area (Å²) in [6.45, 7) is 3.71. The van der Waals surface area contributed by atoms with Crippen molar-refractivity contribution in [2.24, 2.45) is 5.41 Å². The summed E-state index contributed by atoms with van der Waals surface area (Å²) in [5, 5.41) is 14.0. The van der Waals surface area contributed by atoms with E-state index < -0.39 is 11.3 Å². The second-order valence-corrected chi connectivity index (χ2v) is 11.4. The van der Waals surface area contributed by atoms with E-state index in [-0.39, 0.29) is 17.6 Å². The molecule has 1 fully saturated rings. The van der Waals surface area contributed by atoms with Gasteiger partial charge in [-0.05, 0) is 60.4 Å². The maximum atomic E-state index is 14.2. The first-order chi connectivity index (χ1) is 17.3. The van der Waals surface area contributed by atoms with E-state index in [2.05, 4.69) is 20.8 Å². The Labute approximate surface area is 216 Å². The van der Waals surface area contributed by atoms with Crippen molar-refractivity contribution in [1.29, 1.82) is 0 Å². The van der Waals surface area contributed by atoms with E-state index in [4.69, 9.17) is 0 Å². The van der Waals surface area contributed by atoms with Crippen LogP contribution in [0, 0.1) is 11.2 Å². The summed E-state index contributed by atoms with van der Waals surface area (Å²) in [6, 6.07) is 18.2. The topological polar surface area (TPSA) is 84.0 Å². The molecule has 2 aromatic carbocycles. The van der Waals surface area contributed by atoms with Crippen molar-refractivity contribution in [2.45, 2.75) is 38.6 Å².